The first-order chi connectivity index (χ1) is 16.0. The summed E-state index contributed by atoms with van der Waals surface area (Å²) in [7, 11) is 0. The molecule has 1 aliphatic rings. The zero-order valence-electron chi connectivity index (χ0n) is 19.3. The molecule has 5 nitrogen and oxygen atoms in total. The summed E-state index contributed by atoms with van der Waals surface area (Å²) in [5.41, 5.74) is -1.31. The lowest BCUT2D eigenvalue weighted by molar-refractivity contribution is -0.125. The molecule has 4 rings (SSSR count). The fourth-order valence-corrected chi connectivity index (χ4v) is 4.55. The molecule has 0 spiro atoms. The Morgan fingerprint density at radius 2 is 2.13 bits per heavy atom. The first-order valence-electron chi connectivity index (χ1n) is 11.0. The van der Waals surface area contributed by atoms with Gasteiger partial charge in [0.2, 0.25) is 5.91 Å². The van der Waals surface area contributed by atoms with Gasteiger partial charge in [-0.25, -0.2) is 4.39 Å². The summed E-state index contributed by atoms with van der Waals surface area (Å²) >= 11 is 12.6. The lowest BCUT2D eigenvalue weighted by Gasteiger charge is -2.33. The van der Waals surface area contributed by atoms with E-state index in [1.807, 2.05) is 0 Å². The minimum Gasteiger partial charge on any atom is -0.374 e. The SMILES string of the molecule is [2H]C([2H])([2H])n1ccc2ccc(NC3(c4c(F)ccc(Cl)c4Cl)CCN(C(=O)C=C)C3)cc2c1=O. The van der Waals surface area contributed by atoms with E-state index in [9.17, 15) is 9.59 Å². The molecule has 3 aromatic rings. The van der Waals surface area contributed by atoms with Gasteiger partial charge in [0.1, 0.15) is 5.82 Å². The second-order valence-corrected chi connectivity index (χ2v) is 8.22. The van der Waals surface area contributed by atoms with Gasteiger partial charge in [-0.3, -0.25) is 9.59 Å². The third-order valence-corrected chi connectivity index (χ3v) is 6.37. The highest BCUT2D eigenvalue weighted by Crippen LogP contribution is 2.43. The van der Waals surface area contributed by atoms with Gasteiger partial charge >= 0.3 is 0 Å². The van der Waals surface area contributed by atoms with Crippen LogP contribution < -0.4 is 10.9 Å². The van der Waals surface area contributed by atoms with Crippen LogP contribution in [0.1, 0.15) is 16.1 Å². The van der Waals surface area contributed by atoms with Crippen LogP contribution in [0.3, 0.4) is 0 Å². The van der Waals surface area contributed by atoms with Crippen molar-refractivity contribution in [3.05, 3.63) is 87.0 Å². The van der Waals surface area contributed by atoms with Crippen LogP contribution in [0.5, 0.6) is 0 Å². The normalized spacial score (nSPS) is 20.2. The average molecular weight is 463 g/mol. The van der Waals surface area contributed by atoms with E-state index in [0.29, 0.717) is 28.6 Å². The zero-order chi connectivity index (χ0) is 24.8. The molecule has 2 heterocycles. The smallest absolute Gasteiger partial charge is 0.258 e. The number of hydrogen-bond donors (Lipinski definition) is 1. The number of nitrogens with one attached hydrogen (secondary N) is 1. The van der Waals surface area contributed by atoms with E-state index in [4.69, 9.17) is 27.3 Å². The van der Waals surface area contributed by atoms with Crippen molar-refractivity contribution >= 4 is 45.6 Å². The van der Waals surface area contributed by atoms with Crippen LogP contribution in [0, 0.1) is 5.82 Å². The molecule has 1 atom stereocenters. The highest BCUT2D eigenvalue weighted by molar-refractivity contribution is 6.42. The number of aromatic nitrogens is 1. The van der Waals surface area contributed by atoms with Gasteiger partial charge in [0.05, 0.1) is 15.6 Å². The number of benzene rings is 2. The fourth-order valence-electron chi connectivity index (χ4n) is 4.05. The number of rotatable bonds is 4. The first-order valence-corrected chi connectivity index (χ1v) is 10.2. The van der Waals surface area contributed by atoms with E-state index in [0.717, 1.165) is 0 Å². The Bertz CT molecular complexity index is 1380. The average Bonchev–Trinajstić information content (AvgIpc) is 3.20. The minimum atomic E-state index is -2.63. The Hall–Kier alpha value is -2.83. The number of hydrogen-bond acceptors (Lipinski definition) is 3. The summed E-state index contributed by atoms with van der Waals surface area (Å²) in [5, 5.41) is 4.17. The monoisotopic (exact) mass is 462 g/mol. The number of carbonyl (C=O) groups excluding carboxylic acids is 1. The summed E-state index contributed by atoms with van der Waals surface area (Å²) in [6.45, 7) is 1.26. The molecule has 0 radical (unpaired) electrons. The third-order valence-electron chi connectivity index (χ3n) is 5.57. The fraction of sp³-hybridized carbons (Fsp3) is 0.217. The number of carbonyl (C=O) groups is 1. The van der Waals surface area contributed by atoms with Crippen molar-refractivity contribution < 1.29 is 13.3 Å². The molecule has 2 aromatic carbocycles. The molecule has 31 heavy (non-hydrogen) atoms. The number of amides is 1. The number of anilines is 1. The molecular weight excluding hydrogens is 440 g/mol. The molecule has 8 heteroatoms. The second-order valence-electron chi connectivity index (χ2n) is 7.43. The lowest BCUT2D eigenvalue weighted by atomic mass is 9.87. The van der Waals surface area contributed by atoms with Gasteiger partial charge in [-0.15, -0.1) is 0 Å². The molecule has 1 saturated heterocycles. The van der Waals surface area contributed by atoms with Gasteiger partial charge in [0.25, 0.3) is 5.56 Å². The molecule has 1 aromatic heterocycles. The minimum absolute atomic E-state index is 0.0209. The van der Waals surface area contributed by atoms with Gasteiger partial charge in [-0.1, -0.05) is 35.8 Å². The molecule has 160 valence electrons. The van der Waals surface area contributed by atoms with E-state index in [1.54, 1.807) is 12.1 Å². The van der Waals surface area contributed by atoms with E-state index in [2.05, 4.69) is 11.9 Å². The Morgan fingerprint density at radius 3 is 2.87 bits per heavy atom. The van der Waals surface area contributed by atoms with Crippen LogP contribution >= 0.6 is 23.2 Å². The van der Waals surface area contributed by atoms with Crippen molar-refractivity contribution in [3.63, 3.8) is 0 Å². The van der Waals surface area contributed by atoms with Gasteiger partial charge in [-0.05, 0) is 48.2 Å². The maximum atomic E-state index is 15.1. The van der Waals surface area contributed by atoms with Gasteiger partial charge in [-0.2, -0.15) is 0 Å². The van der Waals surface area contributed by atoms with Crippen LogP contribution in [0.4, 0.5) is 10.1 Å². The Balaban J connectivity index is 1.86. The van der Waals surface area contributed by atoms with Gasteiger partial charge in [0, 0.05) is 47.0 Å². The molecule has 0 bridgehead atoms. The van der Waals surface area contributed by atoms with Gasteiger partial charge < -0.3 is 14.8 Å². The van der Waals surface area contributed by atoms with Crippen LogP contribution in [0.25, 0.3) is 10.8 Å². The molecule has 1 aliphatic heterocycles. The summed E-state index contributed by atoms with van der Waals surface area (Å²) in [5.74, 6) is -0.915. The number of aryl methyl sites for hydroxylation is 1. The number of pyridine rings is 1. The highest BCUT2D eigenvalue weighted by atomic mass is 35.5. The van der Waals surface area contributed by atoms with E-state index >= 15 is 4.39 Å². The van der Waals surface area contributed by atoms with E-state index in [1.165, 1.54) is 41.4 Å². The molecule has 0 saturated carbocycles. The topological polar surface area (TPSA) is 54.3 Å². The summed E-state index contributed by atoms with van der Waals surface area (Å²) < 4.78 is 38.5. The molecule has 1 fully saturated rings. The molecule has 1 N–H and O–H groups in total. The van der Waals surface area contributed by atoms with Crippen molar-refractivity contribution in [2.45, 2.75) is 12.0 Å². The third kappa shape index (κ3) is 3.70. The van der Waals surface area contributed by atoms with Crippen LogP contribution in [0.15, 0.2) is 60.0 Å². The summed E-state index contributed by atoms with van der Waals surface area (Å²) in [4.78, 5) is 26.7. The maximum Gasteiger partial charge on any atom is 0.258 e. The number of halogens is 3. The van der Waals surface area contributed by atoms with Gasteiger partial charge in [0.15, 0.2) is 0 Å². The molecule has 0 aliphatic carbocycles. The quantitative estimate of drug-likeness (QED) is 0.451. The van der Waals surface area contributed by atoms with Crippen LogP contribution in [-0.4, -0.2) is 28.5 Å². The largest absolute Gasteiger partial charge is 0.374 e. The highest BCUT2D eigenvalue weighted by Gasteiger charge is 2.44. The lowest BCUT2D eigenvalue weighted by Crippen LogP contribution is -2.41. The Kier molecular flexibility index (Phi) is 4.61. The predicted molar refractivity (Wildman–Crippen MR) is 122 cm³/mol. The number of likely N-dealkylation sites (tertiary alicyclic amines) is 1. The Labute approximate surface area is 192 Å². The van der Waals surface area contributed by atoms with E-state index in [-0.39, 0.29) is 33.4 Å². The van der Waals surface area contributed by atoms with Crippen LogP contribution in [0.2, 0.25) is 10.0 Å². The van der Waals surface area contributed by atoms with Crippen molar-refractivity contribution in [3.8, 4) is 0 Å². The summed E-state index contributed by atoms with van der Waals surface area (Å²) in [6.07, 6.45) is 2.71. The number of nitrogens with zero attached hydrogens (tertiary/aromatic N) is 2. The van der Waals surface area contributed by atoms with Crippen molar-refractivity contribution in [2.75, 3.05) is 18.4 Å². The number of fused-ring (bicyclic) bond motifs is 1. The standard InChI is InChI=1S/C23H20Cl2FN3O2/c1-3-19(30)29-11-9-23(13-29,20-18(26)7-6-17(24)21(20)25)27-15-5-4-14-8-10-28(2)22(31)16(14)12-15/h3-8,10,12,27H,1,9,11,13H2,2H3/i2D3. The molecular formula is C23H20Cl2FN3O2. The zero-order valence-corrected chi connectivity index (χ0v) is 17.8. The van der Waals surface area contributed by atoms with Crippen molar-refractivity contribution in [2.24, 2.45) is 6.98 Å². The molecule has 1 amide bonds. The van der Waals surface area contributed by atoms with Crippen molar-refractivity contribution in [1.82, 2.24) is 9.47 Å². The van der Waals surface area contributed by atoms with Crippen molar-refractivity contribution in [1.29, 1.82) is 0 Å². The molecule has 1 unspecified atom stereocenters. The predicted octanol–water partition coefficient (Wildman–Crippen LogP) is 4.71. The first kappa shape index (κ1) is 17.8. The van der Waals surface area contributed by atoms with Crippen LogP contribution in [-0.2, 0) is 17.3 Å². The maximum absolute atomic E-state index is 15.1. The summed E-state index contributed by atoms with van der Waals surface area (Å²) in [6, 6.07) is 8.96. The van der Waals surface area contributed by atoms with E-state index < -0.39 is 23.9 Å². The Morgan fingerprint density at radius 1 is 1.32 bits per heavy atom. The second kappa shape index (κ2) is 8.02.